The van der Waals surface area contributed by atoms with Crippen molar-refractivity contribution in [2.45, 2.75) is 34.2 Å². The zero-order valence-corrected chi connectivity index (χ0v) is 11.5. The molecule has 1 rings (SSSR count). The Balaban J connectivity index is 2.51. The fourth-order valence-corrected chi connectivity index (χ4v) is 1.72. The summed E-state index contributed by atoms with van der Waals surface area (Å²) in [6, 6.07) is -0.225. The minimum atomic E-state index is -0.225. The van der Waals surface area contributed by atoms with E-state index in [1.807, 2.05) is 32.4 Å². The average molecular weight is 254 g/mol. The first-order valence-electron chi connectivity index (χ1n) is 6.26. The molecule has 1 heterocycles. The molecule has 0 aliphatic rings. The zero-order chi connectivity index (χ0) is 13.5. The summed E-state index contributed by atoms with van der Waals surface area (Å²) in [6.07, 6.45) is 0. The van der Waals surface area contributed by atoms with E-state index in [1.165, 1.54) is 0 Å². The Hall–Kier alpha value is -1.56. The van der Waals surface area contributed by atoms with Crippen LogP contribution in [0.15, 0.2) is 0 Å². The number of rotatable bonds is 6. The molecule has 0 saturated carbocycles. The molecule has 0 aliphatic carbocycles. The highest BCUT2D eigenvalue weighted by atomic mass is 16.5. The van der Waals surface area contributed by atoms with Crippen molar-refractivity contribution in [2.75, 3.05) is 25.1 Å². The minimum Gasteiger partial charge on any atom is -0.380 e. The summed E-state index contributed by atoms with van der Waals surface area (Å²) in [5.74, 6) is 0. The Labute approximate surface area is 108 Å². The lowest BCUT2D eigenvalue weighted by Crippen LogP contribution is -2.31. The van der Waals surface area contributed by atoms with Crippen LogP contribution >= 0.6 is 0 Å². The van der Waals surface area contributed by atoms with Crippen LogP contribution in [0.2, 0.25) is 0 Å². The van der Waals surface area contributed by atoms with Gasteiger partial charge in [-0.05, 0) is 27.7 Å². The molecular formula is C12H22N4O2. The molecule has 6 nitrogen and oxygen atoms in total. The van der Waals surface area contributed by atoms with Gasteiger partial charge in [0.25, 0.3) is 0 Å². The van der Waals surface area contributed by atoms with Crippen molar-refractivity contribution in [2.24, 2.45) is 0 Å². The van der Waals surface area contributed by atoms with E-state index in [9.17, 15) is 4.79 Å². The van der Waals surface area contributed by atoms with Crippen LogP contribution in [0.1, 0.15) is 25.2 Å². The Bertz CT molecular complexity index is 401. The maximum Gasteiger partial charge on any atom is 0.319 e. The van der Waals surface area contributed by atoms with E-state index >= 15 is 0 Å². The number of urea groups is 1. The van der Waals surface area contributed by atoms with Crippen molar-refractivity contribution in [3.05, 3.63) is 11.4 Å². The van der Waals surface area contributed by atoms with Gasteiger partial charge in [0.2, 0.25) is 0 Å². The van der Waals surface area contributed by atoms with E-state index in [0.717, 1.165) is 23.6 Å². The minimum absolute atomic E-state index is 0.225. The van der Waals surface area contributed by atoms with E-state index in [1.54, 1.807) is 0 Å². The summed E-state index contributed by atoms with van der Waals surface area (Å²) in [5.41, 5.74) is 2.58. The molecule has 6 heteroatoms. The first-order valence-corrected chi connectivity index (χ1v) is 6.26. The molecule has 0 aliphatic heterocycles. The molecular weight excluding hydrogens is 232 g/mol. The second-order valence-corrected chi connectivity index (χ2v) is 3.94. The van der Waals surface area contributed by atoms with Gasteiger partial charge in [-0.15, -0.1) is 0 Å². The number of aryl methyl sites for hydroxylation is 2. The SMILES string of the molecule is CCOCCNC(=O)Nc1c(C)nn(CC)c1C. The van der Waals surface area contributed by atoms with Gasteiger partial charge in [0.1, 0.15) is 0 Å². The summed E-state index contributed by atoms with van der Waals surface area (Å²) in [7, 11) is 0. The van der Waals surface area contributed by atoms with Crippen LogP contribution in [-0.4, -0.2) is 35.6 Å². The maximum atomic E-state index is 11.7. The number of nitrogens with one attached hydrogen (secondary N) is 2. The van der Waals surface area contributed by atoms with Gasteiger partial charge in [-0.2, -0.15) is 5.10 Å². The van der Waals surface area contributed by atoms with Gasteiger partial charge < -0.3 is 15.4 Å². The first kappa shape index (κ1) is 14.5. The van der Waals surface area contributed by atoms with Crippen LogP contribution in [0.25, 0.3) is 0 Å². The zero-order valence-electron chi connectivity index (χ0n) is 11.5. The number of anilines is 1. The van der Waals surface area contributed by atoms with E-state index < -0.39 is 0 Å². The van der Waals surface area contributed by atoms with Crippen molar-refractivity contribution in [3.8, 4) is 0 Å². The van der Waals surface area contributed by atoms with Gasteiger partial charge in [-0.25, -0.2) is 4.79 Å². The third kappa shape index (κ3) is 3.73. The normalized spacial score (nSPS) is 10.4. The van der Waals surface area contributed by atoms with Gasteiger partial charge in [0, 0.05) is 19.7 Å². The van der Waals surface area contributed by atoms with Crippen molar-refractivity contribution >= 4 is 11.7 Å². The molecule has 102 valence electrons. The molecule has 0 fully saturated rings. The number of aromatic nitrogens is 2. The number of nitrogens with zero attached hydrogens (tertiary/aromatic N) is 2. The van der Waals surface area contributed by atoms with E-state index in [0.29, 0.717) is 19.8 Å². The van der Waals surface area contributed by atoms with E-state index in [-0.39, 0.29) is 6.03 Å². The second kappa shape index (κ2) is 7.00. The quantitative estimate of drug-likeness (QED) is 0.759. The van der Waals surface area contributed by atoms with Crippen LogP contribution in [0.3, 0.4) is 0 Å². The second-order valence-electron chi connectivity index (χ2n) is 3.94. The van der Waals surface area contributed by atoms with Crippen LogP contribution in [0, 0.1) is 13.8 Å². The fourth-order valence-electron chi connectivity index (χ4n) is 1.72. The number of carbonyl (C=O) groups is 1. The van der Waals surface area contributed by atoms with Crippen molar-refractivity contribution in [1.29, 1.82) is 0 Å². The standard InChI is InChI=1S/C12H22N4O2/c1-5-16-10(4)11(9(3)15-16)14-12(17)13-7-8-18-6-2/h5-8H2,1-4H3,(H2,13,14,17). The topological polar surface area (TPSA) is 68.2 Å². The molecule has 0 unspecified atom stereocenters. The summed E-state index contributed by atoms with van der Waals surface area (Å²) < 4.78 is 7.01. The van der Waals surface area contributed by atoms with Crippen LogP contribution in [0.4, 0.5) is 10.5 Å². The van der Waals surface area contributed by atoms with Crippen LogP contribution < -0.4 is 10.6 Å². The largest absolute Gasteiger partial charge is 0.380 e. The maximum absolute atomic E-state index is 11.7. The van der Waals surface area contributed by atoms with Gasteiger partial charge >= 0.3 is 6.03 Å². The van der Waals surface area contributed by atoms with E-state index in [4.69, 9.17) is 4.74 Å². The van der Waals surface area contributed by atoms with Gasteiger partial charge in [-0.3, -0.25) is 4.68 Å². The van der Waals surface area contributed by atoms with Crippen molar-refractivity contribution in [3.63, 3.8) is 0 Å². The highest BCUT2D eigenvalue weighted by Gasteiger charge is 2.12. The van der Waals surface area contributed by atoms with Crippen molar-refractivity contribution in [1.82, 2.24) is 15.1 Å². The van der Waals surface area contributed by atoms with Gasteiger partial charge in [0.15, 0.2) is 0 Å². The molecule has 0 radical (unpaired) electrons. The smallest absolute Gasteiger partial charge is 0.319 e. The van der Waals surface area contributed by atoms with Crippen LogP contribution in [0.5, 0.6) is 0 Å². The lowest BCUT2D eigenvalue weighted by molar-refractivity contribution is 0.150. The third-order valence-electron chi connectivity index (χ3n) is 2.66. The predicted molar refractivity (Wildman–Crippen MR) is 70.9 cm³/mol. The summed E-state index contributed by atoms with van der Waals surface area (Å²) in [6.45, 7) is 10.2. The first-order chi connectivity index (χ1) is 8.60. The molecule has 0 bridgehead atoms. The van der Waals surface area contributed by atoms with Gasteiger partial charge in [0.05, 0.1) is 23.7 Å². The Morgan fingerprint density at radius 1 is 1.39 bits per heavy atom. The molecule has 18 heavy (non-hydrogen) atoms. The number of carbonyl (C=O) groups excluding carboxylic acids is 1. The molecule has 0 saturated heterocycles. The monoisotopic (exact) mass is 254 g/mol. The number of hydrogen-bond donors (Lipinski definition) is 2. The predicted octanol–water partition coefficient (Wildman–Crippen LogP) is 1.68. The molecule has 1 aromatic rings. The Morgan fingerprint density at radius 2 is 2.11 bits per heavy atom. The van der Waals surface area contributed by atoms with E-state index in [2.05, 4.69) is 15.7 Å². The highest BCUT2D eigenvalue weighted by Crippen LogP contribution is 2.18. The molecule has 0 aromatic carbocycles. The molecule has 1 aromatic heterocycles. The molecule has 2 amide bonds. The number of ether oxygens (including phenoxy) is 1. The number of amides is 2. The van der Waals surface area contributed by atoms with Crippen LogP contribution in [-0.2, 0) is 11.3 Å². The Kier molecular flexibility index (Phi) is 5.64. The molecule has 2 N–H and O–H groups in total. The van der Waals surface area contributed by atoms with Gasteiger partial charge in [-0.1, -0.05) is 0 Å². The van der Waals surface area contributed by atoms with Crippen molar-refractivity contribution < 1.29 is 9.53 Å². The summed E-state index contributed by atoms with van der Waals surface area (Å²) >= 11 is 0. The fraction of sp³-hybridized carbons (Fsp3) is 0.667. The molecule has 0 atom stereocenters. The number of hydrogen-bond acceptors (Lipinski definition) is 3. The average Bonchev–Trinajstić information content (AvgIpc) is 2.62. The highest BCUT2D eigenvalue weighted by molar-refractivity contribution is 5.90. The Morgan fingerprint density at radius 3 is 2.67 bits per heavy atom. The molecule has 0 spiro atoms. The lowest BCUT2D eigenvalue weighted by Gasteiger charge is -2.08. The summed E-state index contributed by atoms with van der Waals surface area (Å²) in [5, 5.41) is 9.90. The summed E-state index contributed by atoms with van der Waals surface area (Å²) in [4.78, 5) is 11.7. The third-order valence-corrected chi connectivity index (χ3v) is 2.66. The lowest BCUT2D eigenvalue weighted by atomic mass is 10.3.